The summed E-state index contributed by atoms with van der Waals surface area (Å²) < 4.78 is 11.7. The molecule has 0 N–H and O–H groups in total. The summed E-state index contributed by atoms with van der Waals surface area (Å²) >= 11 is 6.08. The van der Waals surface area contributed by atoms with Crippen molar-refractivity contribution in [3.05, 3.63) is 47.7 Å². The van der Waals surface area contributed by atoms with Crippen LogP contribution in [0.4, 0.5) is 6.01 Å². The van der Waals surface area contributed by atoms with E-state index in [0.717, 1.165) is 30.6 Å². The van der Waals surface area contributed by atoms with Crippen molar-refractivity contribution >= 4 is 28.7 Å². The summed E-state index contributed by atoms with van der Waals surface area (Å²) in [5, 5.41) is 0.530. The zero-order valence-electron chi connectivity index (χ0n) is 11.8. The number of hydrogen-bond acceptors (Lipinski definition) is 5. The number of benzene rings is 1. The SMILES string of the molecule is Clc1cnccc1OC1CCN(c2nc3ccccc3o2)C1. The largest absolute Gasteiger partial charge is 0.487 e. The second-order valence-electron chi connectivity index (χ2n) is 5.24. The first kappa shape index (κ1) is 13.4. The van der Waals surface area contributed by atoms with E-state index in [2.05, 4.69) is 14.9 Å². The van der Waals surface area contributed by atoms with E-state index in [1.165, 1.54) is 0 Å². The van der Waals surface area contributed by atoms with Gasteiger partial charge in [0, 0.05) is 31.4 Å². The number of ether oxygens (including phenoxy) is 1. The van der Waals surface area contributed by atoms with Gasteiger partial charge in [0.05, 0.1) is 6.54 Å². The minimum Gasteiger partial charge on any atom is -0.487 e. The third-order valence-electron chi connectivity index (χ3n) is 3.73. The smallest absolute Gasteiger partial charge is 0.298 e. The van der Waals surface area contributed by atoms with Crippen LogP contribution in [-0.4, -0.2) is 29.2 Å². The Morgan fingerprint density at radius 1 is 1.27 bits per heavy atom. The lowest BCUT2D eigenvalue weighted by molar-refractivity contribution is 0.224. The van der Waals surface area contributed by atoms with Crippen molar-refractivity contribution in [1.82, 2.24) is 9.97 Å². The molecule has 0 saturated carbocycles. The molecule has 0 radical (unpaired) electrons. The molecule has 1 aliphatic rings. The standard InChI is InChI=1S/C16H14ClN3O2/c17-12-9-18-7-5-14(12)21-11-6-8-20(10-11)16-19-13-3-1-2-4-15(13)22-16/h1-5,7,9,11H,6,8,10H2. The monoisotopic (exact) mass is 315 g/mol. The van der Waals surface area contributed by atoms with E-state index in [0.29, 0.717) is 16.8 Å². The van der Waals surface area contributed by atoms with Crippen LogP contribution in [0.25, 0.3) is 11.1 Å². The van der Waals surface area contributed by atoms with Crippen molar-refractivity contribution in [3.63, 3.8) is 0 Å². The summed E-state index contributed by atoms with van der Waals surface area (Å²) in [5.74, 6) is 0.668. The van der Waals surface area contributed by atoms with Crippen LogP contribution < -0.4 is 9.64 Å². The molecule has 6 heteroatoms. The quantitative estimate of drug-likeness (QED) is 0.740. The van der Waals surface area contributed by atoms with Gasteiger partial charge in [0.2, 0.25) is 0 Å². The van der Waals surface area contributed by atoms with Crippen LogP contribution in [0.5, 0.6) is 5.75 Å². The van der Waals surface area contributed by atoms with Gasteiger partial charge in [-0.3, -0.25) is 4.98 Å². The highest BCUT2D eigenvalue weighted by Gasteiger charge is 2.27. The van der Waals surface area contributed by atoms with Crippen molar-refractivity contribution in [2.75, 3.05) is 18.0 Å². The number of hydrogen-bond donors (Lipinski definition) is 0. The van der Waals surface area contributed by atoms with Gasteiger partial charge in [-0.2, -0.15) is 4.98 Å². The van der Waals surface area contributed by atoms with Gasteiger partial charge in [-0.1, -0.05) is 23.7 Å². The van der Waals surface area contributed by atoms with Crippen LogP contribution in [0.2, 0.25) is 5.02 Å². The number of anilines is 1. The Bertz CT molecular complexity index is 772. The van der Waals surface area contributed by atoms with Crippen molar-refractivity contribution in [2.24, 2.45) is 0 Å². The minimum atomic E-state index is 0.0647. The third kappa shape index (κ3) is 2.48. The Kier molecular flexibility index (Phi) is 3.35. The van der Waals surface area contributed by atoms with Gasteiger partial charge >= 0.3 is 0 Å². The van der Waals surface area contributed by atoms with E-state index < -0.39 is 0 Å². The van der Waals surface area contributed by atoms with Crippen molar-refractivity contribution in [2.45, 2.75) is 12.5 Å². The second-order valence-corrected chi connectivity index (χ2v) is 5.65. The van der Waals surface area contributed by atoms with Gasteiger partial charge < -0.3 is 14.1 Å². The molecule has 1 fully saturated rings. The normalized spacial score (nSPS) is 18.0. The maximum absolute atomic E-state index is 6.08. The highest BCUT2D eigenvalue weighted by Crippen LogP contribution is 2.28. The number of nitrogens with zero attached hydrogens (tertiary/aromatic N) is 3. The lowest BCUT2D eigenvalue weighted by atomic mass is 10.3. The first-order valence-electron chi connectivity index (χ1n) is 7.16. The molecule has 22 heavy (non-hydrogen) atoms. The highest BCUT2D eigenvalue weighted by atomic mass is 35.5. The summed E-state index contributed by atoms with van der Waals surface area (Å²) in [5.41, 5.74) is 1.68. The van der Waals surface area contributed by atoms with Crippen LogP contribution >= 0.6 is 11.6 Å². The van der Waals surface area contributed by atoms with Gasteiger partial charge in [0.1, 0.15) is 22.4 Å². The Labute approximate surface area is 132 Å². The highest BCUT2D eigenvalue weighted by molar-refractivity contribution is 6.31. The van der Waals surface area contributed by atoms with Gasteiger partial charge in [-0.05, 0) is 12.1 Å². The van der Waals surface area contributed by atoms with Gasteiger partial charge in [-0.15, -0.1) is 0 Å². The molecular formula is C16H14ClN3O2. The van der Waals surface area contributed by atoms with Crippen molar-refractivity contribution in [3.8, 4) is 5.75 Å². The molecule has 2 aromatic heterocycles. The summed E-state index contributed by atoms with van der Waals surface area (Å²) in [6.45, 7) is 1.58. The van der Waals surface area contributed by atoms with Gasteiger partial charge in [-0.25, -0.2) is 0 Å². The minimum absolute atomic E-state index is 0.0647. The summed E-state index contributed by atoms with van der Waals surface area (Å²) in [7, 11) is 0. The molecule has 0 spiro atoms. The number of halogens is 1. The van der Waals surface area contributed by atoms with Crippen molar-refractivity contribution < 1.29 is 9.15 Å². The number of aromatic nitrogens is 2. The molecule has 5 nitrogen and oxygen atoms in total. The Morgan fingerprint density at radius 3 is 3.05 bits per heavy atom. The zero-order chi connectivity index (χ0) is 14.9. The Hall–Kier alpha value is -2.27. The summed E-state index contributed by atoms with van der Waals surface area (Å²) in [4.78, 5) is 10.6. The van der Waals surface area contributed by atoms with E-state index in [1.54, 1.807) is 18.5 Å². The van der Waals surface area contributed by atoms with E-state index >= 15 is 0 Å². The zero-order valence-corrected chi connectivity index (χ0v) is 12.5. The average molecular weight is 316 g/mol. The molecule has 1 aliphatic heterocycles. The maximum atomic E-state index is 6.08. The molecule has 1 unspecified atom stereocenters. The molecule has 4 rings (SSSR count). The van der Waals surface area contributed by atoms with Crippen molar-refractivity contribution in [1.29, 1.82) is 0 Å². The molecular weight excluding hydrogens is 302 g/mol. The number of rotatable bonds is 3. The second kappa shape index (κ2) is 5.50. The molecule has 1 saturated heterocycles. The number of fused-ring (bicyclic) bond motifs is 1. The fourth-order valence-electron chi connectivity index (χ4n) is 2.63. The molecule has 0 amide bonds. The van der Waals surface area contributed by atoms with Crippen LogP contribution in [0.3, 0.4) is 0 Å². The molecule has 0 bridgehead atoms. The molecule has 1 aromatic carbocycles. The van der Waals surface area contributed by atoms with E-state index in [9.17, 15) is 0 Å². The molecule has 112 valence electrons. The molecule has 3 aromatic rings. The van der Waals surface area contributed by atoms with E-state index in [1.807, 2.05) is 24.3 Å². The van der Waals surface area contributed by atoms with Gasteiger partial charge in [0.15, 0.2) is 5.58 Å². The fraction of sp³-hybridized carbons (Fsp3) is 0.250. The number of pyridine rings is 1. The first-order chi connectivity index (χ1) is 10.8. The molecule has 0 aliphatic carbocycles. The maximum Gasteiger partial charge on any atom is 0.298 e. The lowest BCUT2D eigenvalue weighted by Gasteiger charge is -2.15. The first-order valence-corrected chi connectivity index (χ1v) is 7.54. The Balaban J connectivity index is 1.49. The number of para-hydroxylation sites is 2. The number of oxazole rings is 1. The third-order valence-corrected chi connectivity index (χ3v) is 4.01. The topological polar surface area (TPSA) is 51.4 Å². The molecule has 3 heterocycles. The van der Waals surface area contributed by atoms with E-state index in [4.69, 9.17) is 20.8 Å². The lowest BCUT2D eigenvalue weighted by Crippen LogP contribution is -2.24. The van der Waals surface area contributed by atoms with Gasteiger partial charge in [0.25, 0.3) is 6.01 Å². The summed E-state index contributed by atoms with van der Waals surface area (Å²) in [6.07, 6.45) is 4.23. The van der Waals surface area contributed by atoms with Crippen LogP contribution in [0.1, 0.15) is 6.42 Å². The Morgan fingerprint density at radius 2 is 2.18 bits per heavy atom. The fourth-order valence-corrected chi connectivity index (χ4v) is 2.79. The molecule has 1 atom stereocenters. The summed E-state index contributed by atoms with van der Waals surface area (Å²) in [6, 6.07) is 10.2. The van der Waals surface area contributed by atoms with Crippen LogP contribution in [0, 0.1) is 0 Å². The van der Waals surface area contributed by atoms with Crippen LogP contribution in [0.15, 0.2) is 47.1 Å². The average Bonchev–Trinajstić information content (AvgIpc) is 3.15. The predicted molar refractivity (Wildman–Crippen MR) is 84.5 cm³/mol. The predicted octanol–water partition coefficient (Wildman–Crippen LogP) is 3.53. The van der Waals surface area contributed by atoms with E-state index in [-0.39, 0.29) is 6.10 Å². The van der Waals surface area contributed by atoms with Crippen LogP contribution in [-0.2, 0) is 0 Å².